The Morgan fingerprint density at radius 1 is 1.41 bits per heavy atom. The highest BCUT2D eigenvalue weighted by Crippen LogP contribution is 2.32. The van der Waals surface area contributed by atoms with E-state index in [0.29, 0.717) is 0 Å². The molecular weight excluding hydrogens is 322 g/mol. The van der Waals surface area contributed by atoms with E-state index in [2.05, 4.69) is 42.0 Å². The summed E-state index contributed by atoms with van der Waals surface area (Å²) in [5.74, 6) is 0. The van der Waals surface area contributed by atoms with Gasteiger partial charge in [0.05, 0.1) is 22.0 Å². The lowest BCUT2D eigenvalue weighted by molar-refractivity contribution is 0.134. The van der Waals surface area contributed by atoms with Gasteiger partial charge in [0.1, 0.15) is 0 Å². The molecular formula is C12H19BrClNOS. The molecule has 0 aliphatic carbocycles. The van der Waals surface area contributed by atoms with Gasteiger partial charge in [0, 0.05) is 23.4 Å². The van der Waals surface area contributed by atoms with Gasteiger partial charge in [-0.15, -0.1) is 11.3 Å². The van der Waals surface area contributed by atoms with Crippen LogP contribution in [-0.2, 0) is 11.2 Å². The molecule has 0 saturated carbocycles. The van der Waals surface area contributed by atoms with E-state index in [1.807, 2.05) is 6.07 Å². The fraction of sp³-hybridized carbons (Fsp3) is 0.667. The lowest BCUT2D eigenvalue weighted by atomic mass is 10.1. The van der Waals surface area contributed by atoms with E-state index in [-0.39, 0.29) is 5.54 Å². The molecule has 0 aromatic carbocycles. The van der Waals surface area contributed by atoms with Crippen LogP contribution in [0.3, 0.4) is 0 Å². The minimum atomic E-state index is 0.162. The quantitative estimate of drug-likeness (QED) is 0.787. The van der Waals surface area contributed by atoms with Gasteiger partial charge >= 0.3 is 0 Å². The lowest BCUT2D eigenvalue weighted by Crippen LogP contribution is -2.38. The summed E-state index contributed by atoms with van der Waals surface area (Å²) in [4.78, 5) is 1.26. The standard InChI is InChI=1S/C12H19BrClNOS/c1-12(2,3)15-5-7-16-6-4-9-8-10(14)11(13)17-9/h8,15H,4-7H2,1-3H3. The Kier molecular flexibility index (Phi) is 6.45. The fourth-order valence-electron chi connectivity index (χ4n) is 1.29. The summed E-state index contributed by atoms with van der Waals surface area (Å²) in [6, 6.07) is 1.99. The number of thiophene rings is 1. The van der Waals surface area contributed by atoms with Crippen molar-refractivity contribution in [3.63, 3.8) is 0 Å². The second-order valence-electron chi connectivity index (χ2n) is 4.87. The Bertz CT molecular complexity index is 329. The van der Waals surface area contributed by atoms with E-state index in [1.54, 1.807) is 11.3 Å². The smallest absolute Gasteiger partial charge is 0.0887 e. The molecule has 17 heavy (non-hydrogen) atoms. The van der Waals surface area contributed by atoms with Crippen LogP contribution in [0, 0.1) is 0 Å². The van der Waals surface area contributed by atoms with Crippen LogP contribution in [0.5, 0.6) is 0 Å². The number of rotatable bonds is 6. The average Bonchev–Trinajstić information content (AvgIpc) is 2.50. The molecule has 1 heterocycles. The van der Waals surface area contributed by atoms with E-state index in [4.69, 9.17) is 16.3 Å². The van der Waals surface area contributed by atoms with Gasteiger partial charge in [-0.3, -0.25) is 0 Å². The van der Waals surface area contributed by atoms with Crippen molar-refractivity contribution in [2.45, 2.75) is 32.7 Å². The van der Waals surface area contributed by atoms with Crippen molar-refractivity contribution in [1.29, 1.82) is 0 Å². The summed E-state index contributed by atoms with van der Waals surface area (Å²) in [5.41, 5.74) is 0.162. The number of ether oxygens (including phenoxy) is 1. The van der Waals surface area contributed by atoms with Crippen molar-refractivity contribution in [1.82, 2.24) is 5.32 Å². The maximum absolute atomic E-state index is 5.95. The van der Waals surface area contributed by atoms with Crippen LogP contribution >= 0.6 is 38.9 Å². The Morgan fingerprint density at radius 2 is 2.12 bits per heavy atom. The molecule has 0 atom stereocenters. The lowest BCUT2D eigenvalue weighted by Gasteiger charge is -2.20. The van der Waals surface area contributed by atoms with Crippen LogP contribution in [0.2, 0.25) is 5.02 Å². The second kappa shape index (κ2) is 7.10. The zero-order valence-electron chi connectivity index (χ0n) is 10.5. The van der Waals surface area contributed by atoms with Crippen molar-refractivity contribution in [3.05, 3.63) is 19.8 Å². The van der Waals surface area contributed by atoms with Gasteiger partial charge in [0.2, 0.25) is 0 Å². The Hall–Kier alpha value is 0.390. The van der Waals surface area contributed by atoms with Gasteiger partial charge in [0.25, 0.3) is 0 Å². The number of hydrogen-bond donors (Lipinski definition) is 1. The molecule has 0 bridgehead atoms. The first kappa shape index (κ1) is 15.4. The van der Waals surface area contributed by atoms with Gasteiger partial charge in [-0.1, -0.05) is 11.6 Å². The predicted octanol–water partition coefficient (Wildman–Crippen LogP) is 4.11. The molecule has 0 fully saturated rings. The Labute approximate surface area is 121 Å². The molecule has 2 nitrogen and oxygen atoms in total. The van der Waals surface area contributed by atoms with Gasteiger partial charge in [-0.2, -0.15) is 0 Å². The third kappa shape index (κ3) is 6.77. The SMILES string of the molecule is CC(C)(C)NCCOCCc1cc(Cl)c(Br)s1. The topological polar surface area (TPSA) is 21.3 Å². The highest BCUT2D eigenvalue weighted by molar-refractivity contribution is 9.11. The van der Waals surface area contributed by atoms with Crippen LogP contribution < -0.4 is 5.32 Å². The molecule has 0 unspecified atom stereocenters. The number of hydrogen-bond acceptors (Lipinski definition) is 3. The molecule has 5 heteroatoms. The van der Waals surface area contributed by atoms with Crippen LogP contribution in [0.1, 0.15) is 25.6 Å². The second-order valence-corrected chi connectivity index (χ2v) is 7.74. The molecule has 1 rings (SSSR count). The van der Waals surface area contributed by atoms with Crippen molar-refractivity contribution in [2.75, 3.05) is 19.8 Å². The summed E-state index contributed by atoms with van der Waals surface area (Å²) in [7, 11) is 0. The molecule has 1 aromatic rings. The highest BCUT2D eigenvalue weighted by atomic mass is 79.9. The van der Waals surface area contributed by atoms with Crippen molar-refractivity contribution in [2.24, 2.45) is 0 Å². The molecule has 1 N–H and O–H groups in total. The fourth-order valence-corrected chi connectivity index (χ4v) is 3.09. The van der Waals surface area contributed by atoms with Crippen LogP contribution in [0.25, 0.3) is 0 Å². The first-order valence-corrected chi connectivity index (χ1v) is 7.64. The number of nitrogens with one attached hydrogen (secondary N) is 1. The summed E-state index contributed by atoms with van der Waals surface area (Å²) in [5, 5.41) is 4.17. The third-order valence-corrected chi connectivity index (χ3v) is 4.63. The molecule has 0 aliphatic rings. The molecule has 0 amide bonds. The third-order valence-electron chi connectivity index (χ3n) is 2.09. The van der Waals surface area contributed by atoms with Gasteiger partial charge in [-0.25, -0.2) is 0 Å². The summed E-state index contributed by atoms with van der Waals surface area (Å²) in [6.45, 7) is 8.83. The number of halogens is 2. The Morgan fingerprint density at radius 3 is 2.65 bits per heavy atom. The van der Waals surface area contributed by atoms with E-state index >= 15 is 0 Å². The minimum absolute atomic E-state index is 0.162. The minimum Gasteiger partial charge on any atom is -0.380 e. The van der Waals surface area contributed by atoms with Crippen molar-refractivity contribution < 1.29 is 4.74 Å². The summed E-state index contributed by atoms with van der Waals surface area (Å²) in [6.07, 6.45) is 0.922. The predicted molar refractivity (Wildman–Crippen MR) is 79.3 cm³/mol. The van der Waals surface area contributed by atoms with Crippen LogP contribution in [0.15, 0.2) is 9.85 Å². The zero-order chi connectivity index (χ0) is 12.9. The highest BCUT2D eigenvalue weighted by Gasteiger charge is 2.07. The summed E-state index contributed by atoms with van der Waals surface area (Å²) >= 11 is 11.0. The van der Waals surface area contributed by atoms with E-state index < -0.39 is 0 Å². The zero-order valence-corrected chi connectivity index (χ0v) is 13.6. The molecule has 0 spiro atoms. The maximum atomic E-state index is 5.95. The maximum Gasteiger partial charge on any atom is 0.0887 e. The Balaban J connectivity index is 2.09. The van der Waals surface area contributed by atoms with Gasteiger partial charge < -0.3 is 10.1 Å². The molecule has 0 saturated heterocycles. The van der Waals surface area contributed by atoms with Crippen LogP contribution in [-0.4, -0.2) is 25.3 Å². The molecule has 98 valence electrons. The largest absolute Gasteiger partial charge is 0.380 e. The monoisotopic (exact) mass is 339 g/mol. The van der Waals surface area contributed by atoms with E-state index in [9.17, 15) is 0 Å². The molecule has 1 aromatic heterocycles. The van der Waals surface area contributed by atoms with Crippen LogP contribution in [0.4, 0.5) is 0 Å². The van der Waals surface area contributed by atoms with Gasteiger partial charge in [0.15, 0.2) is 0 Å². The normalized spacial score (nSPS) is 12.1. The average molecular weight is 341 g/mol. The molecule has 0 aliphatic heterocycles. The van der Waals surface area contributed by atoms with Crippen molar-refractivity contribution >= 4 is 38.9 Å². The van der Waals surface area contributed by atoms with E-state index in [1.165, 1.54) is 4.88 Å². The van der Waals surface area contributed by atoms with Crippen molar-refractivity contribution in [3.8, 4) is 0 Å². The van der Waals surface area contributed by atoms with Gasteiger partial charge in [-0.05, 0) is 42.8 Å². The molecule has 0 radical (unpaired) electrons. The summed E-state index contributed by atoms with van der Waals surface area (Å²) < 4.78 is 6.57. The van der Waals surface area contributed by atoms with E-state index in [0.717, 1.165) is 35.0 Å². The first-order chi connectivity index (χ1) is 7.88. The first-order valence-electron chi connectivity index (χ1n) is 5.65.